The summed E-state index contributed by atoms with van der Waals surface area (Å²) in [6.45, 7) is 0. The van der Waals surface area contributed by atoms with Gasteiger partial charge in [-0.3, -0.25) is 4.79 Å². The molecule has 0 aliphatic heterocycles. The van der Waals surface area contributed by atoms with Crippen molar-refractivity contribution in [2.45, 2.75) is 37.8 Å². The zero-order chi connectivity index (χ0) is 14.0. The molecule has 0 radical (unpaired) electrons. The molecule has 0 saturated heterocycles. The molecule has 4 nitrogen and oxygen atoms in total. The van der Waals surface area contributed by atoms with Crippen LogP contribution in [0, 0.1) is 0 Å². The van der Waals surface area contributed by atoms with Gasteiger partial charge in [-0.1, -0.05) is 28.8 Å². The Morgan fingerprint density at radius 2 is 2.11 bits per heavy atom. The van der Waals surface area contributed by atoms with Gasteiger partial charge in [-0.2, -0.15) is 0 Å². The van der Waals surface area contributed by atoms with Crippen molar-refractivity contribution < 1.29 is 9.90 Å². The van der Waals surface area contributed by atoms with Crippen molar-refractivity contribution in [1.29, 1.82) is 0 Å². The summed E-state index contributed by atoms with van der Waals surface area (Å²) in [5.41, 5.74) is 6.81. The van der Waals surface area contributed by atoms with Crippen LogP contribution in [-0.2, 0) is 0 Å². The summed E-state index contributed by atoms with van der Waals surface area (Å²) in [6.07, 6.45) is 3.25. The maximum atomic E-state index is 12.5. The summed E-state index contributed by atoms with van der Waals surface area (Å²) >= 11 is 3.35. The molecule has 1 fully saturated rings. The standard InChI is InChI=1S/C14H19BrN2O2/c1-17(12-4-2-3-5-13(12)18)14(19)10-8-9(15)6-7-11(10)16/h6-8,12-13,18H,2-5,16H2,1H3. The molecule has 3 N–H and O–H groups in total. The number of aliphatic hydroxyl groups excluding tert-OH is 1. The Balaban J connectivity index is 2.20. The van der Waals surface area contributed by atoms with Gasteiger partial charge in [-0.25, -0.2) is 0 Å². The molecule has 0 heterocycles. The molecule has 2 rings (SSSR count). The van der Waals surface area contributed by atoms with Crippen LogP contribution in [0.3, 0.4) is 0 Å². The minimum Gasteiger partial charge on any atom is -0.398 e. The minimum atomic E-state index is -0.434. The fourth-order valence-electron chi connectivity index (χ4n) is 2.60. The lowest BCUT2D eigenvalue weighted by atomic mass is 9.91. The Kier molecular flexibility index (Phi) is 4.47. The number of amides is 1. The summed E-state index contributed by atoms with van der Waals surface area (Å²) in [4.78, 5) is 14.1. The van der Waals surface area contributed by atoms with Crippen LogP contribution >= 0.6 is 15.9 Å². The van der Waals surface area contributed by atoms with Crippen molar-refractivity contribution >= 4 is 27.5 Å². The van der Waals surface area contributed by atoms with E-state index in [-0.39, 0.29) is 11.9 Å². The molecular weight excluding hydrogens is 308 g/mol. The van der Waals surface area contributed by atoms with Crippen molar-refractivity contribution in [3.63, 3.8) is 0 Å². The third kappa shape index (κ3) is 3.09. The van der Waals surface area contributed by atoms with Crippen LogP contribution in [0.4, 0.5) is 5.69 Å². The highest BCUT2D eigenvalue weighted by Gasteiger charge is 2.30. The van der Waals surface area contributed by atoms with Crippen LogP contribution in [0.15, 0.2) is 22.7 Å². The molecular formula is C14H19BrN2O2. The van der Waals surface area contributed by atoms with Crippen LogP contribution in [0.5, 0.6) is 0 Å². The van der Waals surface area contributed by atoms with Crippen molar-refractivity contribution in [1.82, 2.24) is 4.90 Å². The number of nitrogen functional groups attached to an aromatic ring is 1. The first-order chi connectivity index (χ1) is 9.00. The normalized spacial score (nSPS) is 23.1. The van der Waals surface area contributed by atoms with Gasteiger partial charge in [0.2, 0.25) is 0 Å². The van der Waals surface area contributed by atoms with Crippen LogP contribution in [0.1, 0.15) is 36.0 Å². The molecule has 0 spiro atoms. The Hall–Kier alpha value is -1.07. The van der Waals surface area contributed by atoms with Gasteiger partial charge in [0.05, 0.1) is 17.7 Å². The average molecular weight is 327 g/mol. The van der Waals surface area contributed by atoms with Crippen molar-refractivity contribution in [2.75, 3.05) is 12.8 Å². The smallest absolute Gasteiger partial charge is 0.256 e. The topological polar surface area (TPSA) is 66.6 Å². The van der Waals surface area contributed by atoms with E-state index in [1.807, 2.05) is 6.07 Å². The zero-order valence-electron chi connectivity index (χ0n) is 11.0. The van der Waals surface area contributed by atoms with Crippen molar-refractivity contribution in [3.8, 4) is 0 Å². The number of carbonyl (C=O) groups excluding carboxylic acids is 1. The van der Waals surface area contributed by atoms with E-state index in [1.165, 1.54) is 0 Å². The third-order valence-corrected chi connectivity index (χ3v) is 4.25. The Labute approximate surface area is 121 Å². The lowest BCUT2D eigenvalue weighted by Crippen LogP contribution is -2.46. The molecule has 5 heteroatoms. The number of halogens is 1. The molecule has 2 atom stereocenters. The summed E-state index contributed by atoms with van der Waals surface area (Å²) < 4.78 is 0.822. The molecule has 1 saturated carbocycles. The largest absolute Gasteiger partial charge is 0.398 e. The van der Waals surface area contributed by atoms with Gasteiger partial charge in [0.15, 0.2) is 0 Å². The summed E-state index contributed by atoms with van der Waals surface area (Å²) in [6, 6.07) is 5.13. The Morgan fingerprint density at radius 3 is 2.79 bits per heavy atom. The highest BCUT2D eigenvalue weighted by molar-refractivity contribution is 9.10. The average Bonchev–Trinajstić information content (AvgIpc) is 2.40. The Bertz CT molecular complexity index is 479. The molecule has 19 heavy (non-hydrogen) atoms. The van der Waals surface area contributed by atoms with E-state index in [1.54, 1.807) is 24.1 Å². The number of hydrogen-bond donors (Lipinski definition) is 2. The number of likely N-dealkylation sites (N-methyl/N-ethyl adjacent to an activating group) is 1. The van der Waals surface area contributed by atoms with E-state index >= 15 is 0 Å². The summed E-state index contributed by atoms with van der Waals surface area (Å²) in [5.74, 6) is -0.134. The van der Waals surface area contributed by atoms with Crippen LogP contribution < -0.4 is 5.73 Å². The van der Waals surface area contributed by atoms with E-state index in [0.717, 1.165) is 30.2 Å². The van der Waals surface area contributed by atoms with Gasteiger partial charge < -0.3 is 15.7 Å². The van der Waals surface area contributed by atoms with Crippen molar-refractivity contribution in [3.05, 3.63) is 28.2 Å². The van der Waals surface area contributed by atoms with Gasteiger partial charge in [-0.15, -0.1) is 0 Å². The summed E-state index contributed by atoms with van der Waals surface area (Å²) in [5, 5.41) is 10.0. The number of carbonyl (C=O) groups is 1. The highest BCUT2D eigenvalue weighted by Crippen LogP contribution is 2.26. The molecule has 1 aliphatic rings. The van der Waals surface area contributed by atoms with E-state index in [4.69, 9.17) is 5.73 Å². The summed E-state index contributed by atoms with van der Waals surface area (Å²) in [7, 11) is 1.74. The van der Waals surface area contributed by atoms with Crippen LogP contribution in [0.2, 0.25) is 0 Å². The number of nitrogens with two attached hydrogens (primary N) is 1. The maximum absolute atomic E-state index is 12.5. The number of benzene rings is 1. The van der Waals surface area contributed by atoms with E-state index in [0.29, 0.717) is 11.3 Å². The molecule has 1 aliphatic carbocycles. The van der Waals surface area contributed by atoms with Crippen LogP contribution in [0.25, 0.3) is 0 Å². The van der Waals surface area contributed by atoms with Gasteiger partial charge in [-0.05, 0) is 31.0 Å². The lowest BCUT2D eigenvalue weighted by Gasteiger charge is -2.35. The fourth-order valence-corrected chi connectivity index (χ4v) is 2.96. The molecule has 1 amide bonds. The first-order valence-corrected chi connectivity index (χ1v) is 7.30. The van der Waals surface area contributed by atoms with E-state index in [9.17, 15) is 9.90 Å². The maximum Gasteiger partial charge on any atom is 0.256 e. The number of hydrogen-bond acceptors (Lipinski definition) is 3. The van der Waals surface area contributed by atoms with Gasteiger partial charge >= 0.3 is 0 Å². The second kappa shape index (κ2) is 5.92. The number of aliphatic hydroxyl groups is 1. The third-order valence-electron chi connectivity index (χ3n) is 3.76. The van der Waals surface area contributed by atoms with E-state index in [2.05, 4.69) is 15.9 Å². The predicted molar refractivity (Wildman–Crippen MR) is 78.9 cm³/mol. The quantitative estimate of drug-likeness (QED) is 0.820. The lowest BCUT2D eigenvalue weighted by molar-refractivity contribution is 0.0268. The molecule has 1 aromatic rings. The second-order valence-corrected chi connectivity index (χ2v) is 5.98. The minimum absolute atomic E-state index is 0.111. The van der Waals surface area contributed by atoms with Crippen molar-refractivity contribution in [2.24, 2.45) is 0 Å². The van der Waals surface area contributed by atoms with Gasteiger partial charge in [0.1, 0.15) is 0 Å². The molecule has 104 valence electrons. The number of rotatable bonds is 2. The SMILES string of the molecule is CN(C(=O)c1cc(Br)ccc1N)C1CCCCC1O. The van der Waals surface area contributed by atoms with Gasteiger partial charge in [0, 0.05) is 17.2 Å². The fraction of sp³-hybridized carbons (Fsp3) is 0.500. The molecule has 1 aromatic carbocycles. The number of anilines is 1. The zero-order valence-corrected chi connectivity index (χ0v) is 12.6. The first kappa shape index (κ1) is 14.3. The highest BCUT2D eigenvalue weighted by atomic mass is 79.9. The molecule has 0 bridgehead atoms. The first-order valence-electron chi connectivity index (χ1n) is 6.51. The Morgan fingerprint density at radius 1 is 1.42 bits per heavy atom. The number of nitrogens with zero attached hydrogens (tertiary/aromatic N) is 1. The molecule has 2 unspecified atom stereocenters. The van der Waals surface area contributed by atoms with Gasteiger partial charge in [0.25, 0.3) is 5.91 Å². The predicted octanol–water partition coefficient (Wildman–Crippen LogP) is 2.41. The molecule has 0 aromatic heterocycles. The monoisotopic (exact) mass is 326 g/mol. The van der Waals surface area contributed by atoms with Crippen LogP contribution in [-0.4, -0.2) is 35.1 Å². The van der Waals surface area contributed by atoms with E-state index < -0.39 is 6.10 Å². The second-order valence-electron chi connectivity index (χ2n) is 5.07.